The largest absolute Gasteiger partial charge is 1.00 e. The minimum Gasteiger partial charge on any atom is -0.514 e. The van der Waals surface area contributed by atoms with Gasteiger partial charge in [-0.15, -0.1) is 0 Å². The number of hydrogen-bond donors (Lipinski definition) is 1. The van der Waals surface area contributed by atoms with Crippen LogP contribution in [0.15, 0.2) is 0 Å². The van der Waals surface area contributed by atoms with Gasteiger partial charge in [-0.3, -0.25) is 0 Å². The molecule has 0 spiro atoms. The van der Waals surface area contributed by atoms with Crippen molar-refractivity contribution in [2.75, 3.05) is 20.3 Å². The molecule has 1 heterocycles. The van der Waals surface area contributed by atoms with Crippen LogP contribution in [0.5, 0.6) is 0 Å². The Labute approximate surface area is 157 Å². The molecule has 1 unspecified atom stereocenters. The molecule has 19 heavy (non-hydrogen) atoms. The zero-order chi connectivity index (χ0) is 13.6. The summed E-state index contributed by atoms with van der Waals surface area (Å²) < 4.78 is 10.5. The molecule has 0 saturated carbocycles. The maximum Gasteiger partial charge on any atom is 1.00 e. The van der Waals surface area contributed by atoms with Crippen molar-refractivity contribution < 1.29 is 70.5 Å². The molecule has 1 fully saturated rings. The van der Waals surface area contributed by atoms with Gasteiger partial charge in [0.15, 0.2) is 0 Å². The number of amides is 1. The van der Waals surface area contributed by atoms with Gasteiger partial charge in [-0.1, -0.05) is 20.8 Å². The Kier molecular flexibility index (Phi) is 10.1. The molecule has 0 bridgehead atoms. The number of hydroxylamine groups is 1. The molecule has 0 aromatic heterocycles. The summed E-state index contributed by atoms with van der Waals surface area (Å²) in [7, 11) is 1.46. The minimum atomic E-state index is -0.456. The van der Waals surface area contributed by atoms with Gasteiger partial charge in [0.1, 0.15) is 6.10 Å². The van der Waals surface area contributed by atoms with Crippen molar-refractivity contribution in [3.63, 3.8) is 0 Å². The average Bonchev–Trinajstić information content (AvgIpc) is 2.28. The molecule has 1 saturated heterocycles. The number of carbonyl (C=O) groups excluding carboxylic acids is 1. The van der Waals surface area contributed by atoms with Gasteiger partial charge in [-0.05, 0) is 11.6 Å². The first-order chi connectivity index (χ1) is 8.43. The van der Waals surface area contributed by atoms with E-state index in [-0.39, 0.29) is 62.9 Å². The van der Waals surface area contributed by atoms with E-state index >= 15 is 0 Å². The molecule has 0 aliphatic carbocycles. The summed E-state index contributed by atoms with van der Waals surface area (Å²) in [5, 5.41) is 2.71. The van der Waals surface area contributed by atoms with Crippen LogP contribution < -0.4 is 56.7 Å². The first kappa shape index (κ1) is 19.8. The molecule has 0 aromatic rings. The van der Waals surface area contributed by atoms with Crippen LogP contribution in [-0.2, 0) is 14.3 Å². The monoisotopic (exact) mass is 298 g/mol. The van der Waals surface area contributed by atoms with E-state index < -0.39 is 12.3 Å². The number of carbonyl (C=O) groups is 1. The molecule has 0 aromatic carbocycles. The molecule has 1 aliphatic rings. The third kappa shape index (κ3) is 7.96. The SMILES string of the molecule is CO[N-]C(NC(=O)OC1CCOCC1)C(C)(C)C.[K+]. The second-order valence-corrected chi connectivity index (χ2v) is 5.42. The summed E-state index contributed by atoms with van der Waals surface area (Å²) in [6.45, 7) is 7.19. The van der Waals surface area contributed by atoms with E-state index in [0.29, 0.717) is 13.2 Å². The topological polar surface area (TPSA) is 70.9 Å². The van der Waals surface area contributed by atoms with E-state index in [1.165, 1.54) is 7.11 Å². The van der Waals surface area contributed by atoms with Gasteiger partial charge >= 0.3 is 57.5 Å². The second-order valence-electron chi connectivity index (χ2n) is 5.42. The number of rotatable bonds is 4. The summed E-state index contributed by atoms with van der Waals surface area (Å²) in [6.07, 6.45) is 0.531. The number of nitrogens with one attached hydrogen (secondary N) is 1. The maximum absolute atomic E-state index is 11.8. The van der Waals surface area contributed by atoms with Crippen molar-refractivity contribution in [3.8, 4) is 0 Å². The molecule has 1 rings (SSSR count). The first-order valence-corrected chi connectivity index (χ1v) is 6.21. The molecule has 106 valence electrons. The third-order valence-corrected chi connectivity index (χ3v) is 2.73. The number of ether oxygens (including phenoxy) is 2. The Hall–Kier alpha value is 0.786. The molecule has 1 N–H and O–H groups in total. The molecule has 6 nitrogen and oxygen atoms in total. The Balaban J connectivity index is 0.00000324. The molecule has 1 atom stereocenters. The van der Waals surface area contributed by atoms with Crippen LogP contribution in [0.2, 0.25) is 0 Å². The fourth-order valence-corrected chi connectivity index (χ4v) is 1.60. The van der Waals surface area contributed by atoms with Crippen LogP contribution in [-0.4, -0.2) is 38.7 Å². The van der Waals surface area contributed by atoms with E-state index in [4.69, 9.17) is 14.3 Å². The zero-order valence-electron chi connectivity index (χ0n) is 12.6. The number of alkyl carbamates (subject to hydrolysis) is 1. The van der Waals surface area contributed by atoms with Crippen LogP contribution in [0.25, 0.3) is 5.48 Å². The summed E-state index contributed by atoms with van der Waals surface area (Å²) >= 11 is 0. The van der Waals surface area contributed by atoms with E-state index in [1.807, 2.05) is 20.8 Å². The second kappa shape index (κ2) is 9.67. The van der Waals surface area contributed by atoms with Gasteiger partial charge in [0.05, 0.1) is 13.2 Å². The third-order valence-electron chi connectivity index (χ3n) is 2.73. The zero-order valence-corrected chi connectivity index (χ0v) is 15.7. The van der Waals surface area contributed by atoms with Crippen molar-refractivity contribution in [2.24, 2.45) is 5.41 Å². The quantitative estimate of drug-likeness (QED) is 0.545. The van der Waals surface area contributed by atoms with Crippen molar-refractivity contribution in [1.29, 1.82) is 0 Å². The first-order valence-electron chi connectivity index (χ1n) is 6.21. The van der Waals surface area contributed by atoms with Gasteiger partial charge in [0.25, 0.3) is 0 Å². The Morgan fingerprint density at radius 1 is 1.37 bits per heavy atom. The minimum absolute atomic E-state index is 0. The van der Waals surface area contributed by atoms with Crippen LogP contribution in [0.3, 0.4) is 0 Å². The van der Waals surface area contributed by atoms with Crippen molar-refractivity contribution >= 4 is 6.09 Å². The Bertz CT molecular complexity index is 265. The van der Waals surface area contributed by atoms with E-state index in [1.54, 1.807) is 0 Å². The predicted molar refractivity (Wildman–Crippen MR) is 67.1 cm³/mol. The Morgan fingerprint density at radius 2 is 1.95 bits per heavy atom. The normalized spacial score (nSPS) is 18.3. The van der Waals surface area contributed by atoms with Crippen LogP contribution in [0.4, 0.5) is 4.79 Å². The molecule has 0 radical (unpaired) electrons. The van der Waals surface area contributed by atoms with Gasteiger partial charge in [0.2, 0.25) is 0 Å². The summed E-state index contributed by atoms with van der Waals surface area (Å²) in [6, 6.07) is 0. The smallest absolute Gasteiger partial charge is 0.514 e. The van der Waals surface area contributed by atoms with E-state index in [0.717, 1.165) is 12.8 Å². The van der Waals surface area contributed by atoms with E-state index in [9.17, 15) is 4.79 Å². The van der Waals surface area contributed by atoms with Crippen molar-refractivity contribution in [1.82, 2.24) is 5.32 Å². The maximum atomic E-state index is 11.8. The van der Waals surface area contributed by atoms with Crippen molar-refractivity contribution in [2.45, 2.75) is 45.9 Å². The van der Waals surface area contributed by atoms with Crippen LogP contribution in [0.1, 0.15) is 33.6 Å². The summed E-state index contributed by atoms with van der Waals surface area (Å²) in [5.41, 5.74) is 3.66. The van der Waals surface area contributed by atoms with Crippen molar-refractivity contribution in [3.05, 3.63) is 5.48 Å². The summed E-state index contributed by atoms with van der Waals surface area (Å²) in [5.74, 6) is 0. The summed E-state index contributed by atoms with van der Waals surface area (Å²) in [4.78, 5) is 16.5. The van der Waals surface area contributed by atoms with Gasteiger partial charge in [0, 0.05) is 20.0 Å². The predicted octanol–water partition coefficient (Wildman–Crippen LogP) is -0.797. The average molecular weight is 298 g/mol. The van der Waals surface area contributed by atoms with Crippen LogP contribution in [0, 0.1) is 5.41 Å². The fourth-order valence-electron chi connectivity index (χ4n) is 1.60. The van der Waals surface area contributed by atoms with E-state index in [2.05, 4.69) is 10.8 Å². The fraction of sp³-hybridized carbons (Fsp3) is 0.917. The molecule has 7 heteroatoms. The standard InChI is InChI=1S/C12H23N2O4.K/c1-12(2,3)10(14-16-4)13-11(15)18-9-5-7-17-8-6-9;/h9-10H,5-8H2,1-4H3,(H,13,15);/q-1;+1. The van der Waals surface area contributed by atoms with Gasteiger partial charge in [-0.2, -0.15) is 0 Å². The molecular formula is C12H23KN2O4. The molecule has 1 amide bonds. The van der Waals surface area contributed by atoms with Gasteiger partial charge in [-0.25, -0.2) is 4.79 Å². The van der Waals surface area contributed by atoms with Gasteiger partial charge < -0.3 is 25.1 Å². The van der Waals surface area contributed by atoms with Crippen LogP contribution >= 0.6 is 0 Å². The number of nitrogens with zero attached hydrogens (tertiary/aromatic N) is 1. The molecule has 1 aliphatic heterocycles. The number of hydrogen-bond acceptors (Lipinski definition) is 4. The Morgan fingerprint density at radius 3 is 2.42 bits per heavy atom. The molecular weight excluding hydrogens is 275 g/mol.